The minimum Gasteiger partial charge on any atom is -0.458 e. The van der Waals surface area contributed by atoms with Gasteiger partial charge in [-0.1, -0.05) is 90.4 Å². The van der Waals surface area contributed by atoms with Gasteiger partial charge in [0.05, 0.1) is 5.69 Å². The number of esters is 1. The lowest BCUT2D eigenvalue weighted by Crippen LogP contribution is -2.49. The van der Waals surface area contributed by atoms with Crippen LogP contribution in [-0.2, 0) is 14.9 Å². The third-order valence-corrected chi connectivity index (χ3v) is 10.6. The first-order valence-electron chi connectivity index (χ1n) is 16.2. The number of hydrogen-bond donors (Lipinski definition) is 4. The topological polar surface area (TPSA) is 165 Å². The van der Waals surface area contributed by atoms with Gasteiger partial charge >= 0.3 is 16.2 Å². The molecule has 0 spiro atoms. The van der Waals surface area contributed by atoms with Crippen molar-refractivity contribution in [3.63, 3.8) is 0 Å². The van der Waals surface area contributed by atoms with Crippen LogP contribution in [0.3, 0.4) is 0 Å². The molecule has 2 atom stereocenters. The molecule has 0 radical (unpaired) electrons. The Bertz CT molecular complexity index is 2020. The number of benzene rings is 2. The van der Waals surface area contributed by atoms with Crippen LogP contribution in [0.4, 0.5) is 11.5 Å². The van der Waals surface area contributed by atoms with Gasteiger partial charge in [-0.2, -0.15) is 8.42 Å². The normalized spacial score (nSPS) is 20.2. The third-order valence-electron chi connectivity index (χ3n) is 9.37. The number of nitrogens with zero attached hydrogens (tertiary/aromatic N) is 1. The van der Waals surface area contributed by atoms with Crippen molar-refractivity contribution in [1.29, 1.82) is 0 Å². The van der Waals surface area contributed by atoms with Crippen LogP contribution < -0.4 is 20.7 Å². The van der Waals surface area contributed by atoms with Gasteiger partial charge in [0, 0.05) is 28.6 Å². The van der Waals surface area contributed by atoms with Crippen molar-refractivity contribution in [3.8, 4) is 11.1 Å². The highest BCUT2D eigenvalue weighted by Crippen LogP contribution is 2.50. The van der Waals surface area contributed by atoms with Gasteiger partial charge in [0.15, 0.2) is 0 Å². The summed E-state index contributed by atoms with van der Waals surface area (Å²) in [7, 11) is -4.44. The van der Waals surface area contributed by atoms with Crippen LogP contribution in [0, 0.1) is 28.6 Å². The molecule has 4 aromatic rings. The number of nitrogen functional groups attached to an aromatic ring is 1. The molecule has 0 saturated heterocycles. The molecule has 262 valence electrons. The molecule has 11 nitrogen and oxygen atoms in total. The van der Waals surface area contributed by atoms with Crippen molar-refractivity contribution in [2.45, 2.75) is 67.4 Å². The molecule has 2 heterocycles. The summed E-state index contributed by atoms with van der Waals surface area (Å²) in [5, 5.41) is 0.471. The zero-order valence-corrected chi connectivity index (χ0v) is 30.3. The number of nitrogens with one attached hydrogen (secondary N) is 3. The molecular formula is C36H44ClN5O6S. The standard InChI is InChI=1S/C36H44ClN5O6S/c1-20-17-25(35(2,3)4)29(26(18-20)36(5,6)7)48-34(45)27-24(21-13-15-22(37)16-14-21)19-42-31(27)39-30(38)28(33(42)44)32(43)41-49(46,47)40-23-11-9-8-10-12-23/h8-16,19-20,25-26,29,39-40H,17-18,38H2,1-7H3,(H,41,43). The van der Waals surface area contributed by atoms with E-state index in [-0.39, 0.29) is 39.6 Å². The van der Waals surface area contributed by atoms with Crippen LogP contribution in [0.5, 0.6) is 0 Å². The second-order valence-corrected chi connectivity index (χ2v) is 17.0. The predicted molar refractivity (Wildman–Crippen MR) is 193 cm³/mol. The summed E-state index contributed by atoms with van der Waals surface area (Å²) in [6.45, 7) is 15.2. The van der Waals surface area contributed by atoms with E-state index in [1.165, 1.54) is 18.3 Å². The van der Waals surface area contributed by atoms with Crippen LogP contribution in [0.2, 0.25) is 5.02 Å². The van der Waals surface area contributed by atoms with E-state index < -0.39 is 45.1 Å². The molecular weight excluding hydrogens is 666 g/mol. The van der Waals surface area contributed by atoms with Crippen molar-refractivity contribution >= 4 is 50.8 Å². The summed E-state index contributed by atoms with van der Waals surface area (Å²) < 4.78 is 37.2. The van der Waals surface area contributed by atoms with E-state index >= 15 is 0 Å². The maximum atomic E-state index is 14.5. The Morgan fingerprint density at radius 2 is 1.51 bits per heavy atom. The Labute approximate surface area is 291 Å². The quantitative estimate of drug-likeness (QED) is 0.152. The van der Waals surface area contributed by atoms with E-state index in [4.69, 9.17) is 22.1 Å². The van der Waals surface area contributed by atoms with Crippen LogP contribution in [0.25, 0.3) is 16.8 Å². The van der Waals surface area contributed by atoms with Crippen molar-refractivity contribution in [2.75, 3.05) is 10.5 Å². The summed E-state index contributed by atoms with van der Waals surface area (Å²) in [6, 6.07) is 14.6. The Hall–Kier alpha value is -4.29. The van der Waals surface area contributed by atoms with Crippen molar-refractivity contribution in [2.24, 2.45) is 28.6 Å². The average Bonchev–Trinajstić information content (AvgIpc) is 3.36. The summed E-state index contributed by atoms with van der Waals surface area (Å²) in [5.41, 5.74) is 5.49. The van der Waals surface area contributed by atoms with Gasteiger partial charge < -0.3 is 15.5 Å². The number of ether oxygens (including phenoxy) is 1. The van der Waals surface area contributed by atoms with Crippen LogP contribution in [-0.4, -0.2) is 35.8 Å². The first-order chi connectivity index (χ1) is 22.8. The average molecular weight is 710 g/mol. The van der Waals surface area contributed by atoms with E-state index in [1.807, 2.05) is 4.72 Å². The lowest BCUT2D eigenvalue weighted by Gasteiger charge is -2.50. The number of aromatic amines is 1. The van der Waals surface area contributed by atoms with Gasteiger partial charge in [0.2, 0.25) is 0 Å². The second-order valence-electron chi connectivity index (χ2n) is 15.2. The molecule has 1 aliphatic carbocycles. The zero-order chi connectivity index (χ0) is 36.1. The van der Waals surface area contributed by atoms with E-state index in [9.17, 15) is 22.8 Å². The largest absolute Gasteiger partial charge is 0.458 e. The van der Waals surface area contributed by atoms with Crippen molar-refractivity contribution in [1.82, 2.24) is 14.1 Å². The number of anilines is 2. The predicted octanol–water partition coefficient (Wildman–Crippen LogP) is 6.90. The highest BCUT2D eigenvalue weighted by molar-refractivity contribution is 7.91. The number of carbonyl (C=O) groups is 2. The molecule has 1 saturated carbocycles. The van der Waals surface area contributed by atoms with Crippen LogP contribution in [0.15, 0.2) is 65.6 Å². The Kier molecular flexibility index (Phi) is 9.70. The molecule has 1 aliphatic rings. The summed E-state index contributed by atoms with van der Waals surface area (Å²) in [5.74, 6) is -1.78. The van der Waals surface area contributed by atoms with Gasteiger partial charge in [-0.05, 0) is 59.4 Å². The number of carbonyl (C=O) groups excluding carboxylic acids is 2. The minimum absolute atomic E-state index is 0.00284. The number of aromatic nitrogens is 2. The van der Waals surface area contributed by atoms with Gasteiger partial charge in [0.25, 0.3) is 11.5 Å². The van der Waals surface area contributed by atoms with Crippen molar-refractivity contribution < 1.29 is 22.7 Å². The smallest absolute Gasteiger partial charge is 0.342 e. The van der Waals surface area contributed by atoms with E-state index in [2.05, 4.69) is 58.2 Å². The summed E-state index contributed by atoms with van der Waals surface area (Å²) in [6.07, 6.45) is 2.76. The van der Waals surface area contributed by atoms with Gasteiger partial charge in [-0.25, -0.2) is 9.52 Å². The molecule has 5 N–H and O–H groups in total. The Morgan fingerprint density at radius 1 is 0.939 bits per heavy atom. The maximum absolute atomic E-state index is 14.5. The fraction of sp³-hybridized carbons (Fsp3) is 0.417. The molecule has 2 unspecified atom stereocenters. The number of amides is 1. The lowest BCUT2D eigenvalue weighted by molar-refractivity contribution is -0.0922. The summed E-state index contributed by atoms with van der Waals surface area (Å²) >= 11 is 6.18. The Morgan fingerprint density at radius 3 is 2.06 bits per heavy atom. The molecule has 2 aromatic heterocycles. The first-order valence-corrected chi connectivity index (χ1v) is 18.1. The maximum Gasteiger partial charge on any atom is 0.342 e. The molecule has 5 rings (SSSR count). The number of hydrogen-bond acceptors (Lipinski definition) is 7. The minimum atomic E-state index is -4.44. The van der Waals surface area contributed by atoms with Gasteiger partial charge in [-0.3, -0.25) is 18.7 Å². The number of nitrogens with two attached hydrogens (primary N) is 1. The van der Waals surface area contributed by atoms with Gasteiger partial charge in [-0.15, -0.1) is 0 Å². The lowest BCUT2D eigenvalue weighted by atomic mass is 9.59. The number of H-pyrrole nitrogens is 1. The second kappa shape index (κ2) is 13.2. The SMILES string of the molecule is CC1CC(C(C)(C)C)C(OC(=O)c2c(-c3ccc(Cl)cc3)cn3c(=O)c(C(=O)NS(=O)(=O)Nc4ccccc4)c(N)[nH]c23)C(C(C)(C)C)C1. The number of fused-ring (bicyclic) bond motifs is 1. The molecule has 1 amide bonds. The Balaban J connectivity index is 1.61. The highest BCUT2D eigenvalue weighted by atomic mass is 35.5. The molecule has 49 heavy (non-hydrogen) atoms. The molecule has 0 aliphatic heterocycles. The number of para-hydroxylation sites is 1. The number of halogens is 1. The van der Waals surface area contributed by atoms with Gasteiger partial charge in [0.1, 0.15) is 28.7 Å². The molecule has 1 fully saturated rings. The fourth-order valence-electron chi connectivity index (χ4n) is 6.90. The first kappa shape index (κ1) is 36.0. The van der Waals surface area contributed by atoms with Crippen molar-refractivity contribution in [3.05, 3.63) is 87.3 Å². The monoisotopic (exact) mass is 709 g/mol. The third kappa shape index (κ3) is 7.65. The van der Waals surface area contributed by atoms with Crippen LogP contribution >= 0.6 is 11.6 Å². The van der Waals surface area contributed by atoms with E-state index in [0.717, 1.165) is 17.2 Å². The zero-order valence-electron chi connectivity index (χ0n) is 28.8. The molecule has 2 aromatic carbocycles. The molecule has 0 bridgehead atoms. The van der Waals surface area contributed by atoms with E-state index in [1.54, 1.807) is 42.5 Å². The molecule has 13 heteroatoms. The van der Waals surface area contributed by atoms with Crippen LogP contribution in [0.1, 0.15) is 82.0 Å². The fourth-order valence-corrected chi connectivity index (χ4v) is 7.87. The van der Waals surface area contributed by atoms with E-state index in [0.29, 0.717) is 22.1 Å². The summed E-state index contributed by atoms with van der Waals surface area (Å²) in [4.78, 5) is 44.5. The highest BCUT2D eigenvalue weighted by Gasteiger charge is 2.48. The number of rotatable bonds is 7.